The molecule has 4 N–H and O–H groups in total. The number of anilines is 2. The Kier molecular flexibility index (Phi) is 10.7. The third kappa shape index (κ3) is 8.75. The van der Waals surface area contributed by atoms with E-state index in [1.165, 1.54) is 63.8 Å². The molecule has 204 valence electrons. The van der Waals surface area contributed by atoms with Crippen molar-refractivity contribution in [1.29, 1.82) is 0 Å². The van der Waals surface area contributed by atoms with E-state index in [0.717, 1.165) is 62.7 Å². The summed E-state index contributed by atoms with van der Waals surface area (Å²) in [6.45, 7) is 4.45. The second-order valence-corrected chi connectivity index (χ2v) is 11.1. The van der Waals surface area contributed by atoms with Gasteiger partial charge in [0.2, 0.25) is 0 Å². The number of hydrogen-bond donors (Lipinski definition) is 2. The predicted octanol–water partition coefficient (Wildman–Crippen LogP) is 8.89. The van der Waals surface area contributed by atoms with Gasteiger partial charge in [0.05, 0.1) is 0 Å². The monoisotopic (exact) mass is 518 g/mol. The molecular weight excluding hydrogens is 472 g/mol. The normalized spacial score (nSPS) is 11.1. The molecule has 0 unspecified atom stereocenters. The lowest BCUT2D eigenvalue weighted by Crippen LogP contribution is -1.98. The zero-order valence-electron chi connectivity index (χ0n) is 24.0. The highest BCUT2D eigenvalue weighted by atomic mass is 14.5. The van der Waals surface area contributed by atoms with Crippen molar-refractivity contribution in [3.8, 4) is 0 Å². The van der Waals surface area contributed by atoms with Crippen LogP contribution in [0.4, 0.5) is 11.4 Å². The molecular formula is C37H46N2. The van der Waals surface area contributed by atoms with Crippen molar-refractivity contribution in [1.82, 2.24) is 0 Å². The van der Waals surface area contributed by atoms with Crippen LogP contribution in [0.2, 0.25) is 0 Å². The molecule has 0 atom stereocenters. The van der Waals surface area contributed by atoms with E-state index in [4.69, 9.17) is 11.5 Å². The quantitative estimate of drug-likeness (QED) is 0.129. The first-order chi connectivity index (χ1) is 19.0. The van der Waals surface area contributed by atoms with E-state index in [2.05, 4.69) is 86.6 Å². The van der Waals surface area contributed by atoms with Gasteiger partial charge in [-0.2, -0.15) is 0 Å². The number of benzene rings is 4. The summed E-state index contributed by atoms with van der Waals surface area (Å²) in [4.78, 5) is 0. The minimum atomic E-state index is 0.866. The van der Waals surface area contributed by atoms with Gasteiger partial charge in [-0.3, -0.25) is 0 Å². The van der Waals surface area contributed by atoms with Crippen molar-refractivity contribution in [2.45, 2.75) is 84.5 Å². The molecule has 0 aliphatic rings. The summed E-state index contributed by atoms with van der Waals surface area (Å²) >= 11 is 0. The summed E-state index contributed by atoms with van der Waals surface area (Å²) in [5.74, 6) is 0. The number of nitrogens with two attached hydrogens (primary N) is 2. The average molecular weight is 519 g/mol. The zero-order chi connectivity index (χ0) is 27.5. The van der Waals surface area contributed by atoms with Gasteiger partial charge < -0.3 is 11.5 Å². The topological polar surface area (TPSA) is 52.0 Å². The van der Waals surface area contributed by atoms with E-state index in [1.54, 1.807) is 0 Å². The predicted molar refractivity (Wildman–Crippen MR) is 169 cm³/mol. The molecule has 39 heavy (non-hydrogen) atoms. The molecule has 2 heteroatoms. The van der Waals surface area contributed by atoms with Crippen LogP contribution in [0.3, 0.4) is 0 Å². The molecule has 0 aromatic heterocycles. The summed E-state index contributed by atoms with van der Waals surface area (Å²) in [6, 6.07) is 31.2. The molecule has 0 aliphatic heterocycles. The minimum absolute atomic E-state index is 0.866. The van der Waals surface area contributed by atoms with E-state index < -0.39 is 0 Å². The van der Waals surface area contributed by atoms with Crippen LogP contribution in [-0.4, -0.2) is 0 Å². The fraction of sp³-hybridized carbons (Fsp3) is 0.351. The highest BCUT2D eigenvalue weighted by Gasteiger charge is 2.06. The molecule has 0 amide bonds. The lowest BCUT2D eigenvalue weighted by Gasteiger charge is -2.11. The Balaban J connectivity index is 1.19. The van der Waals surface area contributed by atoms with Gasteiger partial charge in [0.15, 0.2) is 0 Å². The lowest BCUT2D eigenvalue weighted by molar-refractivity contribution is 0.678. The van der Waals surface area contributed by atoms with Gasteiger partial charge in [-0.05, 0) is 120 Å². The number of aryl methyl sites for hydroxylation is 4. The van der Waals surface area contributed by atoms with E-state index in [-0.39, 0.29) is 0 Å². The smallest absolute Gasteiger partial charge is 0.0316 e. The van der Waals surface area contributed by atoms with Crippen LogP contribution < -0.4 is 11.5 Å². The summed E-state index contributed by atoms with van der Waals surface area (Å²) in [5, 5.41) is 0. The van der Waals surface area contributed by atoms with Crippen LogP contribution >= 0.6 is 0 Å². The standard InChI is InChI=1S/C37H46N2/c1-3-8-32-26-36(38)22-20-34(32)24-30-16-12-28(13-17-30)10-6-5-7-11-29-14-18-31(19-15-29)25-35-21-23-37(39)27-33(35)9-4-2/h12-23,26-27H,3-11,24-25,38-39H2,1-2H3. The molecule has 0 aliphatic carbocycles. The fourth-order valence-electron chi connectivity index (χ4n) is 5.56. The Morgan fingerprint density at radius 1 is 0.410 bits per heavy atom. The Labute approximate surface area is 236 Å². The van der Waals surface area contributed by atoms with Crippen molar-refractivity contribution < 1.29 is 0 Å². The van der Waals surface area contributed by atoms with Gasteiger partial charge >= 0.3 is 0 Å². The molecule has 0 saturated heterocycles. The first-order valence-corrected chi connectivity index (χ1v) is 14.9. The summed E-state index contributed by atoms with van der Waals surface area (Å²) < 4.78 is 0. The van der Waals surface area contributed by atoms with Crippen LogP contribution in [0, 0.1) is 0 Å². The summed E-state index contributed by atoms with van der Waals surface area (Å²) in [7, 11) is 0. The molecule has 0 bridgehead atoms. The number of hydrogen-bond acceptors (Lipinski definition) is 2. The van der Waals surface area contributed by atoms with Crippen LogP contribution in [-0.2, 0) is 38.5 Å². The molecule has 4 rings (SSSR count). The third-order valence-electron chi connectivity index (χ3n) is 7.77. The Hall–Kier alpha value is -3.52. The first kappa shape index (κ1) is 28.5. The van der Waals surface area contributed by atoms with Crippen molar-refractivity contribution in [2.75, 3.05) is 11.5 Å². The van der Waals surface area contributed by atoms with Crippen LogP contribution in [0.15, 0.2) is 84.9 Å². The maximum atomic E-state index is 6.02. The number of nitrogen functional groups attached to an aromatic ring is 2. The Morgan fingerprint density at radius 3 is 1.18 bits per heavy atom. The van der Waals surface area contributed by atoms with Crippen LogP contribution in [0.5, 0.6) is 0 Å². The van der Waals surface area contributed by atoms with Gasteiger partial charge in [-0.25, -0.2) is 0 Å². The van der Waals surface area contributed by atoms with Gasteiger partial charge in [-0.1, -0.05) is 93.8 Å². The minimum Gasteiger partial charge on any atom is -0.399 e. The highest BCUT2D eigenvalue weighted by Crippen LogP contribution is 2.22. The van der Waals surface area contributed by atoms with Gasteiger partial charge in [0, 0.05) is 11.4 Å². The SMILES string of the molecule is CCCc1cc(N)ccc1Cc1ccc(CCCCCc2ccc(Cc3ccc(N)cc3CCC)cc2)cc1. The lowest BCUT2D eigenvalue weighted by atomic mass is 9.95. The van der Waals surface area contributed by atoms with Crippen molar-refractivity contribution in [3.63, 3.8) is 0 Å². The fourth-order valence-corrected chi connectivity index (χ4v) is 5.56. The first-order valence-electron chi connectivity index (χ1n) is 14.9. The van der Waals surface area contributed by atoms with Gasteiger partial charge in [-0.15, -0.1) is 0 Å². The second-order valence-electron chi connectivity index (χ2n) is 11.1. The molecule has 2 nitrogen and oxygen atoms in total. The summed E-state index contributed by atoms with van der Waals surface area (Å²) in [6.07, 6.45) is 12.5. The Morgan fingerprint density at radius 2 is 0.795 bits per heavy atom. The van der Waals surface area contributed by atoms with Crippen LogP contribution in [0.25, 0.3) is 0 Å². The molecule has 0 heterocycles. The zero-order valence-corrected chi connectivity index (χ0v) is 24.0. The molecule has 0 saturated carbocycles. The van der Waals surface area contributed by atoms with E-state index in [1.807, 2.05) is 12.1 Å². The number of rotatable bonds is 14. The Bertz CT molecular complexity index is 1200. The molecule has 4 aromatic carbocycles. The van der Waals surface area contributed by atoms with E-state index >= 15 is 0 Å². The third-order valence-corrected chi connectivity index (χ3v) is 7.77. The average Bonchev–Trinajstić information content (AvgIpc) is 2.93. The number of unbranched alkanes of at least 4 members (excludes halogenated alkanes) is 2. The molecule has 4 aromatic rings. The van der Waals surface area contributed by atoms with E-state index in [0.29, 0.717) is 0 Å². The van der Waals surface area contributed by atoms with E-state index in [9.17, 15) is 0 Å². The maximum Gasteiger partial charge on any atom is 0.0316 e. The highest BCUT2D eigenvalue weighted by molar-refractivity contribution is 5.47. The van der Waals surface area contributed by atoms with Gasteiger partial charge in [0.25, 0.3) is 0 Å². The maximum absolute atomic E-state index is 6.02. The molecule has 0 fully saturated rings. The van der Waals surface area contributed by atoms with Crippen LogP contribution in [0.1, 0.15) is 90.5 Å². The largest absolute Gasteiger partial charge is 0.399 e. The summed E-state index contributed by atoms with van der Waals surface area (Å²) in [5.41, 5.74) is 25.0. The van der Waals surface area contributed by atoms with Crippen molar-refractivity contribution in [2.24, 2.45) is 0 Å². The van der Waals surface area contributed by atoms with Gasteiger partial charge in [0.1, 0.15) is 0 Å². The van der Waals surface area contributed by atoms with Crippen molar-refractivity contribution in [3.05, 3.63) is 129 Å². The molecule has 0 radical (unpaired) electrons. The van der Waals surface area contributed by atoms with Crippen molar-refractivity contribution >= 4 is 11.4 Å². The second kappa shape index (κ2) is 14.6. The molecule has 0 spiro atoms.